The fourth-order valence-electron chi connectivity index (χ4n) is 3.35. The van der Waals surface area contributed by atoms with Gasteiger partial charge in [-0.15, -0.1) is 0 Å². The third kappa shape index (κ3) is 4.41. The number of piperazine rings is 1. The van der Waals surface area contributed by atoms with Gasteiger partial charge in [-0.05, 0) is 30.0 Å². The molecule has 0 bridgehead atoms. The van der Waals surface area contributed by atoms with Gasteiger partial charge in [-0.25, -0.2) is 8.42 Å². The molecule has 0 atom stereocenters. The van der Waals surface area contributed by atoms with E-state index in [1.165, 1.54) is 11.3 Å². The van der Waals surface area contributed by atoms with Crippen LogP contribution in [0.2, 0.25) is 0 Å². The summed E-state index contributed by atoms with van der Waals surface area (Å²) in [6, 6.07) is 18.2. The van der Waals surface area contributed by atoms with Crippen molar-refractivity contribution in [2.24, 2.45) is 0 Å². The second-order valence-electron chi connectivity index (χ2n) is 6.42. The van der Waals surface area contributed by atoms with Crippen LogP contribution in [-0.2, 0) is 22.9 Å². The van der Waals surface area contributed by atoms with Crippen LogP contribution in [0.25, 0.3) is 0 Å². The molecular weight excluding hydrogens is 332 g/mol. The van der Waals surface area contributed by atoms with Gasteiger partial charge < -0.3 is 4.90 Å². The van der Waals surface area contributed by atoms with Crippen molar-refractivity contribution in [1.82, 2.24) is 4.31 Å². The van der Waals surface area contributed by atoms with Gasteiger partial charge in [-0.3, -0.25) is 0 Å². The molecule has 0 radical (unpaired) electrons. The van der Waals surface area contributed by atoms with Crippen LogP contribution in [0.15, 0.2) is 54.6 Å². The highest BCUT2D eigenvalue weighted by Gasteiger charge is 2.27. The molecule has 0 spiro atoms. The number of para-hydroxylation sites is 1. The summed E-state index contributed by atoms with van der Waals surface area (Å²) >= 11 is 0. The Hall–Kier alpha value is -1.85. The van der Waals surface area contributed by atoms with E-state index < -0.39 is 10.0 Å². The van der Waals surface area contributed by atoms with Gasteiger partial charge in [0.1, 0.15) is 0 Å². The lowest BCUT2D eigenvalue weighted by atomic mass is 10.1. The second-order valence-corrected chi connectivity index (χ2v) is 8.51. The SMILES string of the molecule is CCc1ccccc1N1CCN(S(=O)(=O)CCc2ccccc2)CC1. The Morgan fingerprint density at radius 3 is 2.20 bits per heavy atom. The van der Waals surface area contributed by atoms with Crippen molar-refractivity contribution in [2.75, 3.05) is 36.8 Å². The molecule has 5 heteroatoms. The number of sulfonamides is 1. The van der Waals surface area contributed by atoms with E-state index in [2.05, 4.69) is 36.1 Å². The first kappa shape index (κ1) is 18.0. The quantitative estimate of drug-likeness (QED) is 0.797. The van der Waals surface area contributed by atoms with Gasteiger partial charge in [-0.1, -0.05) is 55.5 Å². The molecule has 1 aliphatic heterocycles. The molecule has 3 rings (SSSR count). The third-order valence-electron chi connectivity index (χ3n) is 4.84. The summed E-state index contributed by atoms with van der Waals surface area (Å²) in [7, 11) is -3.20. The molecule has 25 heavy (non-hydrogen) atoms. The number of nitrogens with zero attached hydrogens (tertiary/aromatic N) is 2. The lowest BCUT2D eigenvalue weighted by Crippen LogP contribution is -2.49. The molecule has 0 aromatic heterocycles. The fourth-order valence-corrected chi connectivity index (χ4v) is 4.82. The topological polar surface area (TPSA) is 40.6 Å². The van der Waals surface area contributed by atoms with Gasteiger partial charge in [0.25, 0.3) is 0 Å². The van der Waals surface area contributed by atoms with Crippen LogP contribution in [0.3, 0.4) is 0 Å². The van der Waals surface area contributed by atoms with Crippen LogP contribution in [0.5, 0.6) is 0 Å². The molecule has 1 fully saturated rings. The van der Waals surface area contributed by atoms with Crippen LogP contribution in [-0.4, -0.2) is 44.7 Å². The van der Waals surface area contributed by atoms with Gasteiger partial charge in [0, 0.05) is 31.9 Å². The third-order valence-corrected chi connectivity index (χ3v) is 6.71. The summed E-state index contributed by atoms with van der Waals surface area (Å²) in [6.07, 6.45) is 1.56. The summed E-state index contributed by atoms with van der Waals surface area (Å²) in [5.74, 6) is 0.183. The smallest absolute Gasteiger partial charge is 0.214 e. The van der Waals surface area contributed by atoms with E-state index in [9.17, 15) is 8.42 Å². The maximum absolute atomic E-state index is 12.6. The lowest BCUT2D eigenvalue weighted by Gasteiger charge is -2.36. The molecule has 2 aromatic carbocycles. The lowest BCUT2D eigenvalue weighted by molar-refractivity contribution is 0.384. The van der Waals surface area contributed by atoms with Crippen molar-refractivity contribution in [2.45, 2.75) is 19.8 Å². The Bertz CT molecular complexity index is 782. The Kier molecular flexibility index (Phi) is 5.76. The zero-order chi connectivity index (χ0) is 17.7. The van der Waals surface area contributed by atoms with Crippen molar-refractivity contribution in [3.8, 4) is 0 Å². The Morgan fingerprint density at radius 2 is 1.52 bits per heavy atom. The van der Waals surface area contributed by atoms with Crippen molar-refractivity contribution >= 4 is 15.7 Å². The summed E-state index contributed by atoms with van der Waals surface area (Å²) in [5.41, 5.74) is 3.64. The molecule has 2 aromatic rings. The molecule has 1 aliphatic rings. The minimum absolute atomic E-state index is 0.183. The predicted octanol–water partition coefficient (Wildman–Crippen LogP) is 2.94. The number of hydrogen-bond donors (Lipinski definition) is 0. The summed E-state index contributed by atoms with van der Waals surface area (Å²) in [4.78, 5) is 2.31. The van der Waals surface area contributed by atoms with Crippen LogP contribution in [0.1, 0.15) is 18.1 Å². The minimum atomic E-state index is -3.20. The zero-order valence-corrected chi connectivity index (χ0v) is 15.6. The van der Waals surface area contributed by atoms with E-state index in [1.807, 2.05) is 30.3 Å². The molecule has 0 amide bonds. The van der Waals surface area contributed by atoms with Gasteiger partial charge in [0.15, 0.2) is 0 Å². The van der Waals surface area contributed by atoms with E-state index in [0.29, 0.717) is 19.5 Å². The highest BCUT2D eigenvalue weighted by atomic mass is 32.2. The van der Waals surface area contributed by atoms with Gasteiger partial charge in [-0.2, -0.15) is 4.31 Å². The maximum atomic E-state index is 12.6. The number of benzene rings is 2. The molecule has 134 valence electrons. The maximum Gasteiger partial charge on any atom is 0.214 e. The minimum Gasteiger partial charge on any atom is -0.369 e. The van der Waals surface area contributed by atoms with Crippen molar-refractivity contribution < 1.29 is 8.42 Å². The van der Waals surface area contributed by atoms with Gasteiger partial charge in [0.05, 0.1) is 5.75 Å². The molecular formula is C20H26N2O2S. The first-order valence-corrected chi connectivity index (χ1v) is 10.6. The highest BCUT2D eigenvalue weighted by Crippen LogP contribution is 2.23. The number of aryl methyl sites for hydroxylation is 2. The van der Waals surface area contributed by atoms with E-state index in [0.717, 1.165) is 25.1 Å². The molecule has 0 N–H and O–H groups in total. The molecule has 0 saturated carbocycles. The van der Waals surface area contributed by atoms with Crippen molar-refractivity contribution in [3.05, 3.63) is 65.7 Å². The summed E-state index contributed by atoms with van der Waals surface area (Å²) < 4.78 is 26.9. The van der Waals surface area contributed by atoms with E-state index in [1.54, 1.807) is 4.31 Å². The van der Waals surface area contributed by atoms with Crippen LogP contribution in [0, 0.1) is 0 Å². The monoisotopic (exact) mass is 358 g/mol. The summed E-state index contributed by atoms with van der Waals surface area (Å²) in [6.45, 7) is 4.79. The predicted molar refractivity (Wildman–Crippen MR) is 104 cm³/mol. The zero-order valence-electron chi connectivity index (χ0n) is 14.8. The van der Waals surface area contributed by atoms with Crippen molar-refractivity contribution in [3.63, 3.8) is 0 Å². The normalized spacial score (nSPS) is 16.1. The van der Waals surface area contributed by atoms with Crippen molar-refractivity contribution in [1.29, 1.82) is 0 Å². The van der Waals surface area contributed by atoms with Crippen LogP contribution < -0.4 is 4.90 Å². The Balaban J connectivity index is 1.59. The standard InChI is InChI=1S/C20H26N2O2S/c1-2-19-10-6-7-11-20(19)21-13-15-22(16-14-21)25(23,24)17-12-18-8-4-3-5-9-18/h3-11H,2,12-17H2,1H3. The second kappa shape index (κ2) is 8.02. The summed E-state index contributed by atoms with van der Waals surface area (Å²) in [5, 5.41) is 0. The molecule has 4 nitrogen and oxygen atoms in total. The van der Waals surface area contributed by atoms with Gasteiger partial charge >= 0.3 is 0 Å². The van der Waals surface area contributed by atoms with Crippen LogP contribution >= 0.6 is 0 Å². The van der Waals surface area contributed by atoms with E-state index >= 15 is 0 Å². The fraction of sp³-hybridized carbons (Fsp3) is 0.400. The highest BCUT2D eigenvalue weighted by molar-refractivity contribution is 7.89. The number of anilines is 1. The average Bonchev–Trinajstić information content (AvgIpc) is 2.67. The average molecular weight is 359 g/mol. The Morgan fingerprint density at radius 1 is 0.880 bits per heavy atom. The molecule has 1 heterocycles. The van der Waals surface area contributed by atoms with Gasteiger partial charge in [0.2, 0.25) is 10.0 Å². The first-order valence-electron chi connectivity index (χ1n) is 8.95. The largest absolute Gasteiger partial charge is 0.369 e. The number of hydrogen-bond acceptors (Lipinski definition) is 3. The van der Waals surface area contributed by atoms with E-state index in [-0.39, 0.29) is 5.75 Å². The van der Waals surface area contributed by atoms with Crippen LogP contribution in [0.4, 0.5) is 5.69 Å². The first-order chi connectivity index (χ1) is 12.1. The molecule has 0 unspecified atom stereocenters. The molecule has 0 aliphatic carbocycles. The molecule has 1 saturated heterocycles. The van der Waals surface area contributed by atoms with E-state index in [4.69, 9.17) is 0 Å². The Labute approximate surface area is 151 Å². The number of rotatable bonds is 6.